The molecule has 1 saturated heterocycles. The van der Waals surface area contributed by atoms with Gasteiger partial charge in [-0.1, -0.05) is 17.9 Å². The average molecular weight is 410 g/mol. The van der Waals surface area contributed by atoms with Crippen molar-refractivity contribution in [2.45, 2.75) is 43.9 Å². The summed E-state index contributed by atoms with van der Waals surface area (Å²) in [5, 5.41) is 47.2. The summed E-state index contributed by atoms with van der Waals surface area (Å²) in [6, 6.07) is 3.81. The number of hydrogen-bond donors (Lipinski definition) is 5. The fourth-order valence-electron chi connectivity index (χ4n) is 3.77. The molecule has 1 aromatic heterocycles. The maximum atomic E-state index is 11.6. The van der Waals surface area contributed by atoms with Gasteiger partial charge in [0.05, 0.1) is 23.9 Å². The molecule has 5 atom stereocenters. The highest BCUT2D eigenvalue weighted by Crippen LogP contribution is 2.30. The van der Waals surface area contributed by atoms with Gasteiger partial charge >= 0.3 is 0 Å². The van der Waals surface area contributed by atoms with E-state index in [-0.39, 0.29) is 5.78 Å². The molecule has 0 bridgehead atoms. The number of aliphatic hydroxyl groups excluding tert-OH is 4. The van der Waals surface area contributed by atoms with Gasteiger partial charge in [0.2, 0.25) is 0 Å². The lowest BCUT2D eigenvalue weighted by atomic mass is 9.90. The number of nitrogens with one attached hydrogen (secondary N) is 1. The standard InChI is InChI=1S/C22H22N2O6/c1-11-6-15(26)3-4-16(11)13-7-12(19-14(8-13)9-23-24-19)2-5-17-20(27)22(29)21(28)18(10-25)30-17/h4,6-9,17-18,20-22,25,27-29H,3,10H2,1H3,(H,23,24)/t17-,18-,20-,21-,22-/m1/s1. The summed E-state index contributed by atoms with van der Waals surface area (Å²) in [5.74, 6) is 5.81. The fourth-order valence-corrected chi connectivity index (χ4v) is 3.77. The first-order valence-corrected chi connectivity index (χ1v) is 9.60. The number of ether oxygens (including phenoxy) is 1. The van der Waals surface area contributed by atoms with Crippen molar-refractivity contribution in [3.63, 3.8) is 0 Å². The van der Waals surface area contributed by atoms with Gasteiger partial charge in [-0.25, -0.2) is 0 Å². The summed E-state index contributed by atoms with van der Waals surface area (Å²) in [5.41, 5.74) is 3.98. The topological polar surface area (TPSA) is 136 Å². The summed E-state index contributed by atoms with van der Waals surface area (Å²) in [4.78, 5) is 11.6. The molecule has 4 rings (SSSR count). The molecule has 2 aromatic rings. The number of aliphatic hydroxyl groups is 4. The molecule has 0 spiro atoms. The lowest BCUT2D eigenvalue weighted by Gasteiger charge is -2.37. The van der Waals surface area contributed by atoms with Crippen LogP contribution in [0.2, 0.25) is 0 Å². The predicted octanol–water partition coefficient (Wildman–Crippen LogP) is 0.0593. The molecule has 1 fully saturated rings. The van der Waals surface area contributed by atoms with Gasteiger partial charge in [0.1, 0.15) is 30.5 Å². The number of carbonyl (C=O) groups excluding carboxylic acids is 1. The first-order valence-electron chi connectivity index (χ1n) is 9.60. The first kappa shape index (κ1) is 20.5. The summed E-state index contributed by atoms with van der Waals surface area (Å²) in [7, 11) is 0. The minimum absolute atomic E-state index is 0.0586. The number of carbonyl (C=O) groups is 1. The van der Waals surface area contributed by atoms with Crippen LogP contribution in [-0.2, 0) is 9.53 Å². The fraction of sp³-hybridized carbons (Fsp3) is 0.364. The van der Waals surface area contributed by atoms with Crippen LogP contribution in [-0.4, -0.2) is 73.5 Å². The number of aromatic amines is 1. The van der Waals surface area contributed by atoms with Crippen LogP contribution in [0, 0.1) is 11.8 Å². The monoisotopic (exact) mass is 410 g/mol. The second-order valence-corrected chi connectivity index (χ2v) is 7.49. The number of allylic oxidation sites excluding steroid dienone is 4. The Balaban J connectivity index is 1.71. The molecule has 8 heteroatoms. The maximum Gasteiger partial charge on any atom is 0.159 e. The van der Waals surface area contributed by atoms with Gasteiger partial charge in [0, 0.05) is 11.8 Å². The smallest absolute Gasteiger partial charge is 0.159 e. The number of nitrogens with zero attached hydrogens (tertiary/aromatic N) is 1. The lowest BCUT2D eigenvalue weighted by Crippen LogP contribution is -2.58. The summed E-state index contributed by atoms with van der Waals surface area (Å²) < 4.78 is 5.45. The Morgan fingerprint density at radius 2 is 2.03 bits per heavy atom. The molecule has 2 aliphatic rings. The normalized spacial score (nSPS) is 29.2. The van der Waals surface area contributed by atoms with Gasteiger partial charge in [0.15, 0.2) is 5.78 Å². The van der Waals surface area contributed by atoms with E-state index < -0.39 is 37.1 Å². The molecular formula is C22H22N2O6. The summed E-state index contributed by atoms with van der Waals surface area (Å²) in [6.45, 7) is 1.36. The molecule has 156 valence electrons. The third-order valence-corrected chi connectivity index (χ3v) is 5.41. The number of aromatic nitrogens is 2. The molecule has 1 aromatic carbocycles. The van der Waals surface area contributed by atoms with Gasteiger partial charge < -0.3 is 25.2 Å². The van der Waals surface area contributed by atoms with Crippen LogP contribution in [0.25, 0.3) is 16.5 Å². The van der Waals surface area contributed by atoms with Crippen LogP contribution in [0.5, 0.6) is 0 Å². The van der Waals surface area contributed by atoms with Crippen molar-refractivity contribution in [3.05, 3.63) is 47.2 Å². The van der Waals surface area contributed by atoms with Crippen molar-refractivity contribution < 1.29 is 30.0 Å². The van der Waals surface area contributed by atoms with Crippen LogP contribution in [0.3, 0.4) is 0 Å². The van der Waals surface area contributed by atoms with E-state index in [1.165, 1.54) is 0 Å². The third-order valence-electron chi connectivity index (χ3n) is 5.41. The maximum absolute atomic E-state index is 11.6. The Labute approximate surface area is 172 Å². The second-order valence-electron chi connectivity index (χ2n) is 7.49. The van der Waals surface area contributed by atoms with Gasteiger partial charge in [-0.05, 0) is 41.8 Å². The van der Waals surface area contributed by atoms with Crippen LogP contribution in [0.1, 0.15) is 24.5 Å². The molecule has 0 unspecified atom stereocenters. The molecule has 5 N–H and O–H groups in total. The van der Waals surface area contributed by atoms with Crippen LogP contribution in [0.15, 0.2) is 36.1 Å². The van der Waals surface area contributed by atoms with E-state index in [1.807, 2.05) is 25.1 Å². The Hall–Kier alpha value is -2.80. The number of H-pyrrole nitrogens is 1. The van der Waals surface area contributed by atoms with Gasteiger partial charge in [0.25, 0.3) is 0 Å². The van der Waals surface area contributed by atoms with Crippen molar-refractivity contribution in [1.29, 1.82) is 0 Å². The zero-order chi connectivity index (χ0) is 21.4. The van der Waals surface area contributed by atoms with Crippen molar-refractivity contribution in [2.24, 2.45) is 0 Å². The number of benzene rings is 1. The minimum Gasteiger partial charge on any atom is -0.394 e. The highest BCUT2D eigenvalue weighted by molar-refractivity contribution is 6.01. The van der Waals surface area contributed by atoms with E-state index in [1.54, 1.807) is 12.3 Å². The molecule has 2 heterocycles. The minimum atomic E-state index is -1.48. The van der Waals surface area contributed by atoms with E-state index in [0.717, 1.165) is 22.1 Å². The Bertz CT molecular complexity index is 1100. The number of fused-ring (bicyclic) bond motifs is 1. The van der Waals surface area contributed by atoms with E-state index in [9.17, 15) is 25.2 Å². The number of ketones is 1. The molecule has 8 nitrogen and oxygen atoms in total. The predicted molar refractivity (Wildman–Crippen MR) is 108 cm³/mol. The van der Waals surface area contributed by atoms with Crippen molar-refractivity contribution in [2.75, 3.05) is 6.61 Å². The summed E-state index contributed by atoms with van der Waals surface area (Å²) in [6.07, 6.45) is -0.926. The zero-order valence-corrected chi connectivity index (χ0v) is 16.2. The van der Waals surface area contributed by atoms with Crippen molar-refractivity contribution >= 4 is 22.3 Å². The molecule has 0 radical (unpaired) electrons. The van der Waals surface area contributed by atoms with Gasteiger partial charge in [-0.15, -0.1) is 0 Å². The number of hydrogen-bond acceptors (Lipinski definition) is 7. The van der Waals surface area contributed by atoms with Gasteiger partial charge in [-0.2, -0.15) is 5.10 Å². The average Bonchev–Trinajstić information content (AvgIpc) is 3.20. The van der Waals surface area contributed by atoms with E-state index in [4.69, 9.17) is 4.74 Å². The molecule has 0 amide bonds. The Kier molecular flexibility index (Phi) is 5.56. The van der Waals surface area contributed by atoms with E-state index >= 15 is 0 Å². The quantitative estimate of drug-likeness (QED) is 0.442. The second kappa shape index (κ2) is 8.14. The molecule has 1 aliphatic carbocycles. The van der Waals surface area contributed by atoms with Crippen LogP contribution >= 0.6 is 0 Å². The van der Waals surface area contributed by atoms with Crippen molar-refractivity contribution in [3.8, 4) is 11.8 Å². The third kappa shape index (κ3) is 3.69. The van der Waals surface area contributed by atoms with E-state index in [2.05, 4.69) is 22.0 Å². The van der Waals surface area contributed by atoms with Crippen LogP contribution in [0.4, 0.5) is 0 Å². The summed E-state index contributed by atoms with van der Waals surface area (Å²) >= 11 is 0. The van der Waals surface area contributed by atoms with Crippen LogP contribution < -0.4 is 0 Å². The molecular weight excluding hydrogens is 388 g/mol. The Morgan fingerprint density at radius 3 is 2.77 bits per heavy atom. The van der Waals surface area contributed by atoms with Crippen molar-refractivity contribution in [1.82, 2.24) is 10.2 Å². The highest BCUT2D eigenvalue weighted by atomic mass is 16.5. The first-order chi connectivity index (χ1) is 14.4. The SMILES string of the molecule is CC1=CC(=O)CC=C1c1cc(C#C[C@H]2O[C@H](CO)[C@@H](O)[C@H](O)[C@@H]2O)c2[nH]ncc2c1. The Morgan fingerprint density at radius 1 is 1.23 bits per heavy atom. The highest BCUT2D eigenvalue weighted by Gasteiger charge is 2.42. The van der Waals surface area contributed by atoms with Gasteiger partial charge in [-0.3, -0.25) is 9.89 Å². The zero-order valence-electron chi connectivity index (χ0n) is 16.2. The number of rotatable bonds is 2. The molecule has 0 saturated carbocycles. The largest absolute Gasteiger partial charge is 0.394 e. The van der Waals surface area contributed by atoms with E-state index in [0.29, 0.717) is 17.5 Å². The molecule has 1 aliphatic heterocycles. The molecule has 30 heavy (non-hydrogen) atoms. The lowest BCUT2D eigenvalue weighted by molar-refractivity contribution is -0.214.